The van der Waals surface area contributed by atoms with Gasteiger partial charge < -0.3 is 4.74 Å². The summed E-state index contributed by atoms with van der Waals surface area (Å²) in [6.45, 7) is 0. The van der Waals surface area contributed by atoms with Gasteiger partial charge in [0.1, 0.15) is 6.04 Å². The van der Waals surface area contributed by atoms with E-state index >= 15 is 0 Å². The van der Waals surface area contributed by atoms with Crippen LogP contribution < -0.4 is 10.2 Å². The quantitative estimate of drug-likeness (QED) is 0.335. The van der Waals surface area contributed by atoms with Gasteiger partial charge in [-0.15, -0.1) is 0 Å². The van der Waals surface area contributed by atoms with E-state index in [0.717, 1.165) is 4.90 Å². The maximum absolute atomic E-state index is 14.2. The largest absolute Gasteiger partial charge is 0.468 e. The topological polar surface area (TPSA) is 75.7 Å². The highest BCUT2D eigenvalue weighted by Crippen LogP contribution is 2.53. The molecule has 184 valence electrons. The van der Waals surface area contributed by atoms with Gasteiger partial charge in [0.15, 0.2) is 0 Å². The maximum atomic E-state index is 14.2. The number of fused-ring (bicyclic) bond motifs is 1. The lowest BCUT2D eigenvalue weighted by Gasteiger charge is -2.36. The van der Waals surface area contributed by atoms with Crippen molar-refractivity contribution in [3.63, 3.8) is 0 Å². The summed E-state index contributed by atoms with van der Waals surface area (Å²) in [5.74, 6) is -3.93. The zero-order chi connectivity index (χ0) is 25.8. The van der Waals surface area contributed by atoms with Crippen LogP contribution in [0.5, 0.6) is 0 Å². The van der Waals surface area contributed by atoms with Crippen molar-refractivity contribution in [3.8, 4) is 0 Å². The maximum Gasteiger partial charge on any atom is 0.323 e. The first-order valence-electron chi connectivity index (χ1n) is 10.9. The normalized spacial score (nSPS) is 22.6. The zero-order valence-electron chi connectivity index (χ0n) is 18.7. The minimum absolute atomic E-state index is 0.128. The molecule has 6 nitrogen and oxygen atoms in total. The van der Waals surface area contributed by atoms with Crippen LogP contribution in [0.15, 0.2) is 66.7 Å². The summed E-state index contributed by atoms with van der Waals surface area (Å²) in [5, 5.41) is 4.60. The molecular formula is C26H18Cl4N2O4. The molecule has 2 amide bonds. The predicted molar refractivity (Wildman–Crippen MR) is 139 cm³/mol. The van der Waals surface area contributed by atoms with E-state index in [1.807, 2.05) is 0 Å². The van der Waals surface area contributed by atoms with Crippen LogP contribution in [-0.2, 0) is 24.7 Å². The number of carbonyl (C=O) groups excluding carboxylic acids is 3. The molecule has 5 rings (SSSR count). The van der Waals surface area contributed by atoms with Gasteiger partial charge in [0, 0.05) is 15.1 Å². The van der Waals surface area contributed by atoms with Gasteiger partial charge >= 0.3 is 5.97 Å². The summed E-state index contributed by atoms with van der Waals surface area (Å²) >= 11 is 25.2. The van der Waals surface area contributed by atoms with Gasteiger partial charge in [-0.25, -0.2) is 4.90 Å². The van der Waals surface area contributed by atoms with E-state index in [2.05, 4.69) is 5.32 Å². The second kappa shape index (κ2) is 9.36. The number of methoxy groups -OCH3 is 1. The Morgan fingerprint density at radius 2 is 1.44 bits per heavy atom. The molecule has 0 unspecified atom stereocenters. The number of anilines is 1. The molecule has 2 aliphatic rings. The second-order valence-corrected chi connectivity index (χ2v) is 10.3. The highest BCUT2D eigenvalue weighted by Gasteiger charge is 2.68. The number of halogens is 4. The molecule has 0 aliphatic carbocycles. The number of hydrogen-bond acceptors (Lipinski definition) is 5. The fraction of sp³-hybridized carbons (Fsp3) is 0.192. The highest BCUT2D eigenvalue weighted by molar-refractivity contribution is 6.38. The van der Waals surface area contributed by atoms with Gasteiger partial charge in [0.2, 0.25) is 11.8 Å². The third-order valence-corrected chi connectivity index (χ3v) is 7.73. The van der Waals surface area contributed by atoms with Crippen LogP contribution in [0.25, 0.3) is 0 Å². The van der Waals surface area contributed by atoms with E-state index in [1.165, 1.54) is 25.3 Å². The number of benzene rings is 3. The molecule has 2 aliphatic heterocycles. The second-order valence-electron chi connectivity index (χ2n) is 8.58. The number of imide groups is 1. The molecule has 0 spiro atoms. The molecule has 0 bridgehead atoms. The van der Waals surface area contributed by atoms with Gasteiger partial charge in [0.05, 0.1) is 35.2 Å². The van der Waals surface area contributed by atoms with Crippen LogP contribution in [0, 0.1) is 11.8 Å². The van der Waals surface area contributed by atoms with Crippen LogP contribution in [0.2, 0.25) is 20.1 Å². The van der Waals surface area contributed by atoms with Crippen molar-refractivity contribution in [1.82, 2.24) is 5.32 Å². The molecule has 2 fully saturated rings. The van der Waals surface area contributed by atoms with Crippen molar-refractivity contribution in [1.29, 1.82) is 0 Å². The third kappa shape index (κ3) is 3.80. The summed E-state index contributed by atoms with van der Waals surface area (Å²) in [5.41, 5.74) is 0.0209. The third-order valence-electron chi connectivity index (χ3n) is 6.73. The number of nitrogens with one attached hydrogen (secondary N) is 1. The van der Waals surface area contributed by atoms with Crippen molar-refractivity contribution in [2.45, 2.75) is 11.6 Å². The average Bonchev–Trinajstić information content (AvgIpc) is 3.34. The lowest BCUT2D eigenvalue weighted by atomic mass is 9.71. The summed E-state index contributed by atoms with van der Waals surface area (Å²) in [4.78, 5) is 42.1. The number of hydrogen-bond donors (Lipinski definition) is 1. The Labute approximate surface area is 227 Å². The van der Waals surface area contributed by atoms with E-state index in [1.54, 1.807) is 48.5 Å². The van der Waals surface area contributed by atoms with Gasteiger partial charge in [-0.1, -0.05) is 70.7 Å². The Morgan fingerprint density at radius 3 is 1.97 bits per heavy atom. The van der Waals surface area contributed by atoms with E-state index in [9.17, 15) is 14.4 Å². The van der Waals surface area contributed by atoms with Crippen LogP contribution in [0.3, 0.4) is 0 Å². The number of rotatable bonds is 4. The number of ether oxygens (including phenoxy) is 1. The zero-order valence-corrected chi connectivity index (χ0v) is 21.7. The number of carbonyl (C=O) groups is 3. The molecule has 2 saturated heterocycles. The van der Waals surface area contributed by atoms with Crippen LogP contribution in [0.1, 0.15) is 11.1 Å². The highest BCUT2D eigenvalue weighted by atomic mass is 35.5. The Hall–Kier alpha value is -2.61. The Bertz CT molecular complexity index is 1370. The molecule has 0 aromatic heterocycles. The molecule has 10 heteroatoms. The average molecular weight is 564 g/mol. The fourth-order valence-corrected chi connectivity index (χ4v) is 6.17. The van der Waals surface area contributed by atoms with Crippen molar-refractivity contribution >= 4 is 69.9 Å². The standard InChI is InChI=1S/C26H18Cl4N2O4/c1-36-25(35)22-20-21(24(34)32(23(20)33)19-9-8-17(29)12-18(19)30)26(31-22,13-4-2-6-15(27)10-13)14-5-3-7-16(28)11-14/h2-12,20-22,31H,1H3/t20-,21+,22+/m0/s1. The monoisotopic (exact) mass is 562 g/mol. The smallest absolute Gasteiger partial charge is 0.323 e. The van der Waals surface area contributed by atoms with Crippen molar-refractivity contribution in [2.75, 3.05) is 12.0 Å². The first-order valence-corrected chi connectivity index (χ1v) is 12.4. The first-order chi connectivity index (χ1) is 17.2. The van der Waals surface area contributed by atoms with E-state index in [4.69, 9.17) is 51.1 Å². The van der Waals surface area contributed by atoms with Crippen molar-refractivity contribution < 1.29 is 19.1 Å². The summed E-state index contributed by atoms with van der Waals surface area (Å²) in [7, 11) is 1.23. The van der Waals surface area contributed by atoms with Crippen molar-refractivity contribution in [3.05, 3.63) is 97.9 Å². The van der Waals surface area contributed by atoms with Gasteiger partial charge in [0.25, 0.3) is 0 Å². The van der Waals surface area contributed by atoms with Gasteiger partial charge in [-0.05, 0) is 53.6 Å². The molecule has 3 aromatic rings. The van der Waals surface area contributed by atoms with Crippen LogP contribution in [-0.4, -0.2) is 30.9 Å². The van der Waals surface area contributed by atoms with Crippen molar-refractivity contribution in [2.24, 2.45) is 11.8 Å². The lowest BCUT2D eigenvalue weighted by Crippen LogP contribution is -2.52. The SMILES string of the molecule is COC(=O)[C@@H]1NC(c2cccc(Cl)c2)(c2cccc(Cl)c2)[C@H]2C(=O)N(c3ccc(Cl)cc3Cl)C(=O)[C@H]12. The van der Waals surface area contributed by atoms with E-state index in [0.29, 0.717) is 26.2 Å². The van der Waals surface area contributed by atoms with Crippen LogP contribution >= 0.6 is 46.4 Å². The van der Waals surface area contributed by atoms with E-state index < -0.39 is 41.2 Å². The molecule has 3 aromatic carbocycles. The molecule has 0 saturated carbocycles. The number of amides is 2. The number of nitrogens with zero attached hydrogens (tertiary/aromatic N) is 1. The molecule has 1 N–H and O–H groups in total. The van der Waals surface area contributed by atoms with Crippen LogP contribution in [0.4, 0.5) is 5.69 Å². The minimum Gasteiger partial charge on any atom is -0.468 e. The molecule has 2 heterocycles. The Balaban J connectivity index is 1.79. The Kier molecular flexibility index (Phi) is 6.52. The fourth-order valence-electron chi connectivity index (χ4n) is 5.30. The predicted octanol–water partition coefficient (Wildman–Crippen LogP) is 5.49. The molecule has 0 radical (unpaired) electrons. The summed E-state index contributed by atoms with van der Waals surface area (Å²) in [6, 6.07) is 17.2. The van der Waals surface area contributed by atoms with Gasteiger partial charge in [-0.2, -0.15) is 0 Å². The molecular weight excluding hydrogens is 546 g/mol. The summed E-state index contributed by atoms with van der Waals surface area (Å²) in [6.07, 6.45) is 0. The van der Waals surface area contributed by atoms with E-state index in [-0.39, 0.29) is 10.7 Å². The number of esters is 1. The Morgan fingerprint density at radius 1 is 0.861 bits per heavy atom. The van der Waals surface area contributed by atoms with Gasteiger partial charge in [-0.3, -0.25) is 19.7 Å². The minimum atomic E-state index is -1.33. The summed E-state index contributed by atoms with van der Waals surface area (Å²) < 4.78 is 5.04. The lowest BCUT2D eigenvalue weighted by molar-refractivity contribution is -0.145. The molecule has 3 atom stereocenters. The first kappa shape index (κ1) is 25.1. The molecule has 36 heavy (non-hydrogen) atoms.